The molecule has 0 spiro atoms. The van der Waals surface area contributed by atoms with Crippen LogP contribution in [-0.2, 0) is 22.6 Å². The number of terminal acetylenes is 1. The lowest BCUT2D eigenvalue weighted by molar-refractivity contribution is -0.136. The first-order chi connectivity index (χ1) is 21.9. The van der Waals surface area contributed by atoms with Crippen LogP contribution in [0.4, 0.5) is 9.93 Å². The molecule has 0 unspecified atom stereocenters. The SMILES string of the molecule is C#CCN(C(=O)NCCCC)N1CCN(Cc2cccc3sc(N)nc23)C(=O)[C@H](Cc2ccc(-c3nn[nH]n3)cc2)NC(=O)C1. The molecule has 3 heterocycles. The third-order valence-corrected chi connectivity index (χ3v) is 8.25. The minimum atomic E-state index is -0.868. The maximum Gasteiger partial charge on any atom is 0.332 e. The van der Waals surface area contributed by atoms with Gasteiger partial charge in [-0.1, -0.05) is 67.0 Å². The summed E-state index contributed by atoms with van der Waals surface area (Å²) in [5.41, 5.74) is 9.15. The van der Waals surface area contributed by atoms with E-state index in [0.717, 1.165) is 39.7 Å². The van der Waals surface area contributed by atoms with Gasteiger partial charge in [-0.05, 0) is 28.8 Å². The van der Waals surface area contributed by atoms with Crippen LogP contribution < -0.4 is 16.4 Å². The Morgan fingerprint density at radius 1 is 1.22 bits per heavy atom. The topological polar surface area (TPSA) is 178 Å². The molecule has 0 saturated carbocycles. The van der Waals surface area contributed by atoms with Crippen molar-refractivity contribution in [3.05, 3.63) is 53.6 Å². The van der Waals surface area contributed by atoms with Crippen LogP contribution in [0.5, 0.6) is 0 Å². The van der Waals surface area contributed by atoms with Gasteiger partial charge in [-0.3, -0.25) is 9.59 Å². The Hall–Kier alpha value is -5.07. The number of hydrogen-bond acceptors (Lipinski definition) is 10. The first-order valence-electron chi connectivity index (χ1n) is 14.6. The molecule has 1 saturated heterocycles. The number of aromatic nitrogens is 5. The van der Waals surface area contributed by atoms with Crippen molar-refractivity contribution in [2.75, 3.05) is 38.5 Å². The molecular formula is C30H35N11O3S. The highest BCUT2D eigenvalue weighted by atomic mass is 32.1. The van der Waals surface area contributed by atoms with Crippen molar-refractivity contribution in [1.29, 1.82) is 0 Å². The number of anilines is 1. The molecule has 4 aromatic rings. The number of carbonyl (C=O) groups is 3. The highest BCUT2D eigenvalue weighted by Crippen LogP contribution is 2.27. The minimum Gasteiger partial charge on any atom is -0.375 e. The number of nitrogens with two attached hydrogens (primary N) is 1. The lowest BCUT2D eigenvalue weighted by Crippen LogP contribution is -2.55. The minimum absolute atomic E-state index is 0.0350. The third-order valence-electron chi connectivity index (χ3n) is 7.40. The van der Waals surface area contributed by atoms with Crippen LogP contribution in [-0.4, -0.2) is 97.1 Å². The summed E-state index contributed by atoms with van der Waals surface area (Å²) in [6.45, 7) is 2.97. The van der Waals surface area contributed by atoms with E-state index >= 15 is 0 Å². The Morgan fingerprint density at radius 2 is 2.04 bits per heavy atom. The predicted molar refractivity (Wildman–Crippen MR) is 170 cm³/mol. The monoisotopic (exact) mass is 629 g/mol. The maximum atomic E-state index is 14.2. The molecule has 5 rings (SSSR count). The summed E-state index contributed by atoms with van der Waals surface area (Å²) >= 11 is 1.38. The molecule has 45 heavy (non-hydrogen) atoms. The van der Waals surface area contributed by atoms with Gasteiger partial charge >= 0.3 is 6.03 Å². The molecule has 5 N–H and O–H groups in total. The number of tetrazole rings is 1. The van der Waals surface area contributed by atoms with Crippen LogP contribution >= 0.6 is 11.3 Å². The van der Waals surface area contributed by atoms with Crippen molar-refractivity contribution in [1.82, 2.24) is 51.2 Å². The highest BCUT2D eigenvalue weighted by molar-refractivity contribution is 7.22. The molecule has 15 heteroatoms. The van der Waals surface area contributed by atoms with E-state index in [1.807, 2.05) is 49.4 Å². The largest absolute Gasteiger partial charge is 0.375 e. The number of hydrazine groups is 1. The molecule has 14 nitrogen and oxygen atoms in total. The fraction of sp³-hybridized carbons (Fsp3) is 0.367. The van der Waals surface area contributed by atoms with E-state index in [9.17, 15) is 14.4 Å². The number of nitrogen functional groups attached to an aromatic ring is 1. The zero-order valence-electron chi connectivity index (χ0n) is 24.9. The molecule has 2 aromatic carbocycles. The second-order valence-corrected chi connectivity index (χ2v) is 11.6. The Bertz CT molecular complexity index is 1670. The number of para-hydroxylation sites is 1. The summed E-state index contributed by atoms with van der Waals surface area (Å²) in [7, 11) is 0. The number of fused-ring (bicyclic) bond motifs is 1. The second-order valence-electron chi connectivity index (χ2n) is 10.6. The molecule has 1 fully saturated rings. The Labute approximate surface area is 264 Å². The van der Waals surface area contributed by atoms with E-state index in [0.29, 0.717) is 17.5 Å². The second kappa shape index (κ2) is 14.6. The van der Waals surface area contributed by atoms with E-state index in [-0.39, 0.29) is 45.1 Å². The number of carbonyl (C=O) groups excluding carboxylic acids is 3. The van der Waals surface area contributed by atoms with E-state index in [1.165, 1.54) is 16.3 Å². The van der Waals surface area contributed by atoms with Crippen molar-refractivity contribution < 1.29 is 14.4 Å². The Morgan fingerprint density at radius 3 is 2.78 bits per heavy atom. The summed E-state index contributed by atoms with van der Waals surface area (Å²) < 4.78 is 0.916. The summed E-state index contributed by atoms with van der Waals surface area (Å²) in [6.07, 6.45) is 7.59. The van der Waals surface area contributed by atoms with Crippen molar-refractivity contribution in [3.63, 3.8) is 0 Å². The summed E-state index contributed by atoms with van der Waals surface area (Å²) in [6, 6.07) is 11.9. The standard InChI is InChI=1S/C30H35N11O3S/c1-3-5-13-32-30(44)41(14-4-2)40-16-15-39(18-22-7-6-8-24-26(22)34-29(31)45-24)28(43)23(33-25(42)19-40)17-20-9-11-21(12-10-20)27-35-37-38-36-27/h2,6-12,23H,3,5,13-19H2,1H3,(H2,31,34)(H,32,44)(H,33,42)(H,35,36,37,38)/t23-/m0/s1. The average molecular weight is 630 g/mol. The van der Waals surface area contributed by atoms with Gasteiger partial charge in [0.15, 0.2) is 5.13 Å². The van der Waals surface area contributed by atoms with Crippen LogP contribution in [0.3, 0.4) is 0 Å². The Balaban J connectivity index is 1.43. The van der Waals surface area contributed by atoms with Crippen molar-refractivity contribution >= 4 is 44.5 Å². The molecule has 1 aliphatic heterocycles. The quantitative estimate of drug-likeness (QED) is 0.150. The molecular weight excluding hydrogens is 594 g/mol. The molecule has 4 amide bonds. The first kappa shape index (κ1) is 31.4. The van der Waals surface area contributed by atoms with Crippen LogP contribution in [0.25, 0.3) is 21.6 Å². The van der Waals surface area contributed by atoms with Gasteiger partial charge in [0.2, 0.25) is 17.6 Å². The van der Waals surface area contributed by atoms with E-state index in [1.54, 1.807) is 9.91 Å². The lowest BCUT2D eigenvalue weighted by atomic mass is 10.0. The van der Waals surface area contributed by atoms with Gasteiger partial charge in [-0.15, -0.1) is 16.6 Å². The van der Waals surface area contributed by atoms with Crippen LogP contribution in [0.2, 0.25) is 0 Å². The van der Waals surface area contributed by atoms with E-state index in [4.69, 9.17) is 12.2 Å². The normalized spacial score (nSPS) is 16.0. The third kappa shape index (κ3) is 7.72. The van der Waals surface area contributed by atoms with Crippen LogP contribution in [0.15, 0.2) is 42.5 Å². The lowest BCUT2D eigenvalue weighted by Gasteiger charge is -2.34. The number of nitrogens with zero attached hydrogens (tertiary/aromatic N) is 7. The first-order valence-corrected chi connectivity index (χ1v) is 15.5. The van der Waals surface area contributed by atoms with Gasteiger partial charge in [0, 0.05) is 38.2 Å². The van der Waals surface area contributed by atoms with Gasteiger partial charge in [-0.25, -0.2) is 19.8 Å². The number of thiazole rings is 1. The molecule has 0 bridgehead atoms. The van der Waals surface area contributed by atoms with E-state index < -0.39 is 18.0 Å². The number of hydrogen-bond donors (Lipinski definition) is 4. The van der Waals surface area contributed by atoms with Crippen molar-refractivity contribution in [2.24, 2.45) is 0 Å². The van der Waals surface area contributed by atoms with Gasteiger partial charge in [0.1, 0.15) is 6.04 Å². The number of H-pyrrole nitrogens is 1. The molecule has 1 aliphatic rings. The summed E-state index contributed by atoms with van der Waals surface area (Å²) in [5.74, 6) is 2.30. The van der Waals surface area contributed by atoms with Crippen molar-refractivity contribution in [3.8, 4) is 23.7 Å². The number of benzene rings is 2. The number of rotatable bonds is 10. The highest BCUT2D eigenvalue weighted by Gasteiger charge is 2.32. The molecule has 1 atom stereocenters. The van der Waals surface area contributed by atoms with Gasteiger partial charge in [0.25, 0.3) is 0 Å². The summed E-state index contributed by atoms with van der Waals surface area (Å²) in [4.78, 5) is 46.9. The zero-order chi connectivity index (χ0) is 31.8. The number of urea groups is 1. The fourth-order valence-corrected chi connectivity index (χ4v) is 5.91. The zero-order valence-corrected chi connectivity index (χ0v) is 25.7. The summed E-state index contributed by atoms with van der Waals surface area (Å²) in [5, 5.41) is 23.2. The number of amides is 4. The molecule has 234 valence electrons. The van der Waals surface area contributed by atoms with Gasteiger partial charge < -0.3 is 21.3 Å². The number of nitrogens with one attached hydrogen (secondary N) is 3. The number of unbranched alkanes of at least 4 members (excludes halogenated alkanes) is 1. The smallest absolute Gasteiger partial charge is 0.332 e. The van der Waals surface area contributed by atoms with Crippen LogP contribution in [0, 0.1) is 12.3 Å². The molecule has 2 aromatic heterocycles. The maximum absolute atomic E-state index is 14.2. The fourth-order valence-electron chi connectivity index (χ4n) is 5.13. The van der Waals surface area contributed by atoms with Crippen LogP contribution in [0.1, 0.15) is 30.9 Å². The molecule has 0 aliphatic carbocycles. The van der Waals surface area contributed by atoms with Gasteiger partial charge in [-0.2, -0.15) is 5.21 Å². The van der Waals surface area contributed by atoms with Gasteiger partial charge in [0.05, 0.1) is 23.3 Å². The van der Waals surface area contributed by atoms with Crippen molar-refractivity contribution in [2.45, 2.75) is 38.8 Å². The average Bonchev–Trinajstić information content (AvgIpc) is 3.71. The molecule has 0 radical (unpaired) electrons. The predicted octanol–water partition coefficient (Wildman–Crippen LogP) is 1.79. The number of aromatic amines is 1. The Kier molecular flexibility index (Phi) is 10.2. The van der Waals surface area contributed by atoms with E-state index in [2.05, 4.69) is 42.2 Å².